The second-order valence-electron chi connectivity index (χ2n) is 4.50. The second kappa shape index (κ2) is 5.80. The van der Waals surface area contributed by atoms with Crippen molar-refractivity contribution in [3.8, 4) is 0 Å². The molecule has 1 aliphatic rings. The molecule has 0 spiro atoms. The molecule has 1 aliphatic heterocycles. The molecule has 1 saturated heterocycles. The van der Waals surface area contributed by atoms with Crippen LogP contribution in [-0.4, -0.2) is 26.6 Å². The van der Waals surface area contributed by atoms with Gasteiger partial charge in [0, 0.05) is 21.5 Å². The van der Waals surface area contributed by atoms with Crippen LogP contribution in [0.4, 0.5) is 8.78 Å². The van der Waals surface area contributed by atoms with Gasteiger partial charge >= 0.3 is 0 Å². The van der Waals surface area contributed by atoms with Gasteiger partial charge in [-0.25, -0.2) is 8.78 Å². The number of rotatable bonds is 2. The molecule has 18 heavy (non-hydrogen) atoms. The fraction of sp³-hybridized carbons (Fsp3) is 0.538. The summed E-state index contributed by atoms with van der Waals surface area (Å²) >= 11 is 3.35. The van der Waals surface area contributed by atoms with Gasteiger partial charge in [-0.2, -0.15) is 23.5 Å². The Labute approximate surface area is 114 Å². The normalized spacial score (nSPS) is 30.2. The maximum absolute atomic E-state index is 13.6. The van der Waals surface area contributed by atoms with Gasteiger partial charge in [-0.1, -0.05) is 19.9 Å². The predicted octanol–water partition coefficient (Wildman–Crippen LogP) is 3.62. The first-order chi connectivity index (χ1) is 8.50. The van der Waals surface area contributed by atoms with Crippen molar-refractivity contribution in [2.24, 2.45) is 0 Å². The lowest BCUT2D eigenvalue weighted by molar-refractivity contribution is 0.170. The Bertz CT molecular complexity index is 407. The van der Waals surface area contributed by atoms with E-state index in [4.69, 9.17) is 0 Å². The molecule has 0 bridgehead atoms. The summed E-state index contributed by atoms with van der Waals surface area (Å²) in [6, 6.07) is 3.69. The molecule has 4 atom stereocenters. The Kier molecular flexibility index (Phi) is 4.56. The molecule has 5 heteroatoms. The van der Waals surface area contributed by atoms with Crippen LogP contribution in [0.5, 0.6) is 0 Å². The first kappa shape index (κ1) is 14.2. The molecule has 1 aromatic carbocycles. The van der Waals surface area contributed by atoms with Gasteiger partial charge < -0.3 is 5.11 Å². The lowest BCUT2D eigenvalue weighted by atomic mass is 10.1. The molecule has 2 rings (SSSR count). The van der Waals surface area contributed by atoms with Crippen molar-refractivity contribution in [3.05, 3.63) is 35.4 Å². The van der Waals surface area contributed by atoms with E-state index in [2.05, 4.69) is 13.8 Å². The zero-order valence-electron chi connectivity index (χ0n) is 10.3. The highest BCUT2D eigenvalue weighted by molar-refractivity contribution is 8.07. The fourth-order valence-corrected chi connectivity index (χ4v) is 4.93. The third-order valence-corrected chi connectivity index (χ3v) is 6.70. The number of aliphatic hydroxyl groups excluding tert-OH is 1. The first-order valence-electron chi connectivity index (χ1n) is 5.89. The monoisotopic (exact) mass is 290 g/mol. The predicted molar refractivity (Wildman–Crippen MR) is 74.1 cm³/mol. The van der Waals surface area contributed by atoms with Crippen LogP contribution in [0.3, 0.4) is 0 Å². The molecule has 0 radical (unpaired) electrons. The van der Waals surface area contributed by atoms with Crippen molar-refractivity contribution in [2.45, 2.75) is 35.7 Å². The number of hydrogen-bond donors (Lipinski definition) is 1. The van der Waals surface area contributed by atoms with Gasteiger partial charge in [0.05, 0.1) is 11.7 Å². The Morgan fingerprint density at radius 3 is 2.39 bits per heavy atom. The van der Waals surface area contributed by atoms with Gasteiger partial charge in [0.1, 0.15) is 11.6 Å². The van der Waals surface area contributed by atoms with Crippen LogP contribution in [0, 0.1) is 11.6 Å². The molecule has 0 saturated carbocycles. The highest BCUT2D eigenvalue weighted by Gasteiger charge is 2.33. The summed E-state index contributed by atoms with van der Waals surface area (Å²) in [5.41, 5.74) is -0.197. The summed E-state index contributed by atoms with van der Waals surface area (Å²) in [7, 11) is 0. The Hall–Kier alpha value is -0.260. The lowest BCUT2D eigenvalue weighted by Crippen LogP contribution is -2.31. The fourth-order valence-electron chi connectivity index (χ4n) is 1.95. The molecule has 4 unspecified atom stereocenters. The molecule has 100 valence electrons. The molecule has 1 aromatic rings. The third-order valence-electron chi connectivity index (χ3n) is 3.22. The van der Waals surface area contributed by atoms with Crippen molar-refractivity contribution >= 4 is 23.5 Å². The van der Waals surface area contributed by atoms with E-state index in [0.29, 0.717) is 16.3 Å². The highest BCUT2D eigenvalue weighted by Crippen LogP contribution is 2.41. The van der Waals surface area contributed by atoms with E-state index in [0.717, 1.165) is 0 Å². The molecule has 0 aliphatic carbocycles. The van der Waals surface area contributed by atoms with Crippen molar-refractivity contribution in [1.29, 1.82) is 0 Å². The van der Waals surface area contributed by atoms with Crippen LogP contribution < -0.4 is 0 Å². The maximum atomic E-state index is 13.6. The van der Waals surface area contributed by atoms with Crippen molar-refractivity contribution in [2.75, 3.05) is 5.75 Å². The third kappa shape index (κ3) is 2.83. The zero-order valence-corrected chi connectivity index (χ0v) is 11.9. The van der Waals surface area contributed by atoms with Crippen LogP contribution in [0.2, 0.25) is 0 Å². The second-order valence-corrected chi connectivity index (χ2v) is 7.53. The molecule has 1 N–H and O–H groups in total. The largest absolute Gasteiger partial charge is 0.387 e. The summed E-state index contributed by atoms with van der Waals surface area (Å²) < 4.78 is 27.2. The minimum atomic E-state index is -1.08. The summed E-state index contributed by atoms with van der Waals surface area (Å²) in [6.07, 6.45) is -1.08. The van der Waals surface area contributed by atoms with E-state index in [1.165, 1.54) is 18.2 Å². The summed E-state index contributed by atoms with van der Waals surface area (Å²) in [6.45, 7) is 4.22. The smallest absolute Gasteiger partial charge is 0.131 e. The molecular formula is C13H16F2OS2. The molecule has 0 amide bonds. The quantitative estimate of drug-likeness (QED) is 0.898. The standard InChI is InChI=1S/C13H16F2OS2/c1-7-8(2)18-11(6-17-7)13(16)12-9(14)4-3-5-10(12)15/h3-5,7-8,11,13,16H,6H2,1-2H3. The van der Waals surface area contributed by atoms with E-state index >= 15 is 0 Å². The number of aliphatic hydroxyl groups is 1. The Morgan fingerprint density at radius 2 is 1.83 bits per heavy atom. The first-order valence-corrected chi connectivity index (χ1v) is 7.89. The summed E-state index contributed by atoms with van der Waals surface area (Å²) in [4.78, 5) is 0. The maximum Gasteiger partial charge on any atom is 0.131 e. The van der Waals surface area contributed by atoms with Crippen LogP contribution in [0.15, 0.2) is 18.2 Å². The highest BCUT2D eigenvalue weighted by atomic mass is 32.2. The molecule has 1 heterocycles. The van der Waals surface area contributed by atoms with Crippen molar-refractivity contribution in [1.82, 2.24) is 0 Å². The van der Waals surface area contributed by atoms with Gasteiger partial charge in [-0.15, -0.1) is 0 Å². The Balaban J connectivity index is 2.19. The van der Waals surface area contributed by atoms with Crippen LogP contribution in [0.1, 0.15) is 25.5 Å². The van der Waals surface area contributed by atoms with E-state index < -0.39 is 17.7 Å². The van der Waals surface area contributed by atoms with Gasteiger partial charge in [0.15, 0.2) is 0 Å². The molecule has 0 aromatic heterocycles. The number of thioether (sulfide) groups is 2. The van der Waals surface area contributed by atoms with Gasteiger partial charge in [-0.05, 0) is 12.1 Å². The summed E-state index contributed by atoms with van der Waals surface area (Å²) in [5, 5.41) is 10.9. The average molecular weight is 290 g/mol. The van der Waals surface area contributed by atoms with Crippen LogP contribution >= 0.6 is 23.5 Å². The average Bonchev–Trinajstić information content (AvgIpc) is 2.32. The van der Waals surface area contributed by atoms with Crippen LogP contribution in [0.25, 0.3) is 0 Å². The van der Waals surface area contributed by atoms with E-state index in [-0.39, 0.29) is 10.8 Å². The van der Waals surface area contributed by atoms with Crippen LogP contribution in [-0.2, 0) is 0 Å². The van der Waals surface area contributed by atoms with E-state index in [9.17, 15) is 13.9 Å². The molecule has 1 nitrogen and oxygen atoms in total. The van der Waals surface area contributed by atoms with E-state index in [1.807, 2.05) is 0 Å². The topological polar surface area (TPSA) is 20.2 Å². The van der Waals surface area contributed by atoms with Crippen molar-refractivity contribution < 1.29 is 13.9 Å². The minimum absolute atomic E-state index is 0.160. The molecular weight excluding hydrogens is 274 g/mol. The minimum Gasteiger partial charge on any atom is -0.387 e. The lowest BCUT2D eigenvalue weighted by Gasteiger charge is -2.34. The number of hydrogen-bond acceptors (Lipinski definition) is 3. The number of halogens is 2. The van der Waals surface area contributed by atoms with Gasteiger partial charge in [0.25, 0.3) is 0 Å². The Morgan fingerprint density at radius 1 is 1.22 bits per heavy atom. The van der Waals surface area contributed by atoms with E-state index in [1.54, 1.807) is 23.5 Å². The molecule has 1 fully saturated rings. The van der Waals surface area contributed by atoms with Gasteiger partial charge in [0.2, 0.25) is 0 Å². The SMILES string of the molecule is CC1SCC(C(O)c2c(F)cccc2F)SC1C. The number of benzene rings is 1. The zero-order chi connectivity index (χ0) is 13.3. The van der Waals surface area contributed by atoms with Crippen molar-refractivity contribution in [3.63, 3.8) is 0 Å². The summed E-state index contributed by atoms with van der Waals surface area (Å²) in [5.74, 6) is -0.621. The van der Waals surface area contributed by atoms with Gasteiger partial charge in [-0.3, -0.25) is 0 Å².